The number of nitrogens with one attached hydrogen (secondary N) is 1. The zero-order valence-corrected chi connectivity index (χ0v) is 18.3. The first kappa shape index (κ1) is 21.8. The molecule has 0 aliphatic carbocycles. The van der Waals surface area contributed by atoms with Crippen LogP contribution in [0.3, 0.4) is 0 Å². The number of rotatable bonds is 6. The van der Waals surface area contributed by atoms with Crippen LogP contribution in [0.15, 0.2) is 23.1 Å². The molecule has 0 spiro atoms. The monoisotopic (exact) mass is 440 g/mol. The summed E-state index contributed by atoms with van der Waals surface area (Å²) in [6.07, 6.45) is 0.825. The zero-order chi connectivity index (χ0) is 21.2. The highest BCUT2D eigenvalue weighted by Crippen LogP contribution is 2.28. The van der Waals surface area contributed by atoms with Crippen LogP contribution in [0.4, 0.5) is 5.69 Å². The Morgan fingerprint density at radius 2 is 1.97 bits per heavy atom. The number of benzene rings is 1. The molecule has 158 valence electrons. The van der Waals surface area contributed by atoms with Crippen molar-refractivity contribution >= 4 is 33.2 Å². The molecule has 0 saturated carbocycles. The Bertz CT molecular complexity index is 1010. The van der Waals surface area contributed by atoms with Crippen molar-refractivity contribution < 1.29 is 17.9 Å². The molecular weight excluding hydrogens is 416 g/mol. The zero-order valence-electron chi connectivity index (χ0n) is 16.7. The fraction of sp³-hybridized carbons (Fsp3) is 0.474. The summed E-state index contributed by atoms with van der Waals surface area (Å²) in [4.78, 5) is 12.4. The van der Waals surface area contributed by atoms with Crippen LogP contribution in [0.5, 0.6) is 0 Å². The molecule has 0 bridgehead atoms. The Morgan fingerprint density at radius 3 is 2.59 bits per heavy atom. The smallest absolute Gasteiger partial charge is 0.244 e. The molecule has 0 radical (unpaired) electrons. The average molecular weight is 441 g/mol. The molecule has 2 heterocycles. The van der Waals surface area contributed by atoms with Crippen LogP contribution in [-0.2, 0) is 33.0 Å². The predicted molar refractivity (Wildman–Crippen MR) is 111 cm³/mol. The molecule has 1 N–H and O–H groups in total. The Kier molecular flexibility index (Phi) is 6.62. The molecule has 1 fully saturated rings. The van der Waals surface area contributed by atoms with Gasteiger partial charge in [0.05, 0.1) is 23.9 Å². The number of carbonyl (C=O) groups is 1. The number of hydrogen-bond acceptors (Lipinski definition) is 5. The minimum absolute atomic E-state index is 0.0159. The number of aromatic nitrogens is 2. The van der Waals surface area contributed by atoms with Crippen LogP contribution in [0.2, 0.25) is 5.02 Å². The number of sulfonamides is 1. The van der Waals surface area contributed by atoms with Crippen molar-refractivity contribution in [1.29, 1.82) is 0 Å². The summed E-state index contributed by atoms with van der Waals surface area (Å²) < 4.78 is 34.2. The van der Waals surface area contributed by atoms with Crippen LogP contribution in [0.25, 0.3) is 0 Å². The number of carbonyl (C=O) groups excluding carboxylic acids is 1. The molecule has 0 unspecified atom stereocenters. The van der Waals surface area contributed by atoms with E-state index in [2.05, 4.69) is 10.4 Å². The molecular formula is C19H25ClN4O4S. The van der Waals surface area contributed by atoms with Gasteiger partial charge >= 0.3 is 0 Å². The molecule has 29 heavy (non-hydrogen) atoms. The lowest BCUT2D eigenvalue weighted by Gasteiger charge is -2.26. The van der Waals surface area contributed by atoms with Gasteiger partial charge in [-0.2, -0.15) is 9.40 Å². The SMILES string of the molecule is Cc1nn(C)c(C)c1CCC(=O)Nc1ccc(Cl)c(S(=O)(=O)N2CCOCC2)c1. The van der Waals surface area contributed by atoms with E-state index in [0.29, 0.717) is 25.3 Å². The summed E-state index contributed by atoms with van der Waals surface area (Å²) in [7, 11) is -1.88. The summed E-state index contributed by atoms with van der Waals surface area (Å²) in [6.45, 7) is 5.14. The van der Waals surface area contributed by atoms with E-state index in [-0.39, 0.29) is 35.3 Å². The van der Waals surface area contributed by atoms with Gasteiger partial charge < -0.3 is 10.1 Å². The Balaban J connectivity index is 1.71. The van der Waals surface area contributed by atoms with Gasteiger partial charge in [0.2, 0.25) is 15.9 Å². The highest BCUT2D eigenvalue weighted by molar-refractivity contribution is 7.89. The largest absolute Gasteiger partial charge is 0.379 e. The second kappa shape index (κ2) is 8.83. The molecule has 1 amide bonds. The first-order chi connectivity index (χ1) is 13.7. The summed E-state index contributed by atoms with van der Waals surface area (Å²) in [5, 5.41) is 7.24. The Morgan fingerprint density at radius 1 is 1.28 bits per heavy atom. The molecule has 1 saturated heterocycles. The lowest BCUT2D eigenvalue weighted by atomic mass is 10.1. The number of halogens is 1. The van der Waals surface area contributed by atoms with Gasteiger partial charge in [-0.3, -0.25) is 9.48 Å². The number of nitrogens with zero attached hydrogens (tertiary/aromatic N) is 3. The molecule has 1 aromatic carbocycles. The van der Waals surface area contributed by atoms with E-state index in [1.54, 1.807) is 10.7 Å². The first-order valence-corrected chi connectivity index (χ1v) is 11.2. The van der Waals surface area contributed by atoms with Crippen LogP contribution in [0, 0.1) is 13.8 Å². The first-order valence-electron chi connectivity index (χ1n) is 9.36. The van der Waals surface area contributed by atoms with Crippen LogP contribution < -0.4 is 5.32 Å². The van der Waals surface area contributed by atoms with Gasteiger partial charge in [-0.05, 0) is 44.0 Å². The molecule has 3 rings (SSSR count). The summed E-state index contributed by atoms with van der Waals surface area (Å²) in [5.41, 5.74) is 3.38. The van der Waals surface area contributed by atoms with Gasteiger partial charge in [-0.1, -0.05) is 11.6 Å². The fourth-order valence-corrected chi connectivity index (χ4v) is 5.25. The summed E-state index contributed by atoms with van der Waals surface area (Å²) in [5.74, 6) is -0.204. The molecule has 10 heteroatoms. The molecule has 0 atom stereocenters. The number of amides is 1. The van der Waals surface area contributed by atoms with Crippen molar-refractivity contribution in [3.63, 3.8) is 0 Å². The number of anilines is 1. The van der Waals surface area contributed by atoms with Crippen molar-refractivity contribution in [3.05, 3.63) is 40.2 Å². The Labute approximate surface area is 175 Å². The number of hydrogen-bond donors (Lipinski definition) is 1. The van der Waals surface area contributed by atoms with Gasteiger partial charge in [-0.25, -0.2) is 8.42 Å². The van der Waals surface area contributed by atoms with Crippen molar-refractivity contribution in [2.45, 2.75) is 31.6 Å². The molecule has 1 aliphatic heterocycles. The maximum absolute atomic E-state index is 12.9. The van der Waals surface area contributed by atoms with E-state index in [9.17, 15) is 13.2 Å². The quantitative estimate of drug-likeness (QED) is 0.743. The summed E-state index contributed by atoms with van der Waals surface area (Å²) in [6, 6.07) is 4.49. The third-order valence-corrected chi connectivity index (χ3v) is 7.44. The van der Waals surface area contributed by atoms with Crippen molar-refractivity contribution in [2.24, 2.45) is 7.05 Å². The predicted octanol–water partition coefficient (Wildman–Crippen LogP) is 2.28. The number of aryl methyl sites for hydroxylation is 2. The van der Waals surface area contributed by atoms with Gasteiger partial charge in [0.25, 0.3) is 0 Å². The van der Waals surface area contributed by atoms with Gasteiger partial charge in [-0.15, -0.1) is 0 Å². The second-order valence-electron chi connectivity index (χ2n) is 6.98. The van der Waals surface area contributed by atoms with Crippen molar-refractivity contribution in [2.75, 3.05) is 31.6 Å². The Hall–Kier alpha value is -1.94. The molecule has 1 aliphatic rings. The van der Waals surface area contributed by atoms with E-state index in [4.69, 9.17) is 16.3 Å². The van der Waals surface area contributed by atoms with Crippen LogP contribution in [0.1, 0.15) is 23.4 Å². The highest BCUT2D eigenvalue weighted by Gasteiger charge is 2.28. The molecule has 8 nitrogen and oxygen atoms in total. The maximum atomic E-state index is 12.9. The molecule has 1 aromatic heterocycles. The van der Waals surface area contributed by atoms with E-state index < -0.39 is 10.0 Å². The van der Waals surface area contributed by atoms with Crippen molar-refractivity contribution in [3.8, 4) is 0 Å². The third kappa shape index (κ3) is 4.80. The minimum Gasteiger partial charge on any atom is -0.379 e. The lowest BCUT2D eigenvalue weighted by Crippen LogP contribution is -2.40. The fourth-order valence-electron chi connectivity index (χ4n) is 3.35. The van der Waals surface area contributed by atoms with E-state index in [1.165, 1.54) is 16.4 Å². The summed E-state index contributed by atoms with van der Waals surface area (Å²) >= 11 is 6.16. The van der Waals surface area contributed by atoms with Crippen LogP contribution >= 0.6 is 11.6 Å². The van der Waals surface area contributed by atoms with Gasteiger partial charge in [0, 0.05) is 37.9 Å². The second-order valence-corrected chi connectivity index (χ2v) is 9.30. The lowest BCUT2D eigenvalue weighted by molar-refractivity contribution is -0.116. The van der Waals surface area contributed by atoms with Gasteiger partial charge in [0.15, 0.2) is 0 Å². The molecule has 2 aromatic rings. The average Bonchev–Trinajstić information content (AvgIpc) is 2.93. The van der Waals surface area contributed by atoms with Crippen molar-refractivity contribution in [1.82, 2.24) is 14.1 Å². The topological polar surface area (TPSA) is 93.5 Å². The number of morpholine rings is 1. The standard InChI is InChI=1S/C19H25ClN4O4S/c1-13-16(14(2)23(3)22-13)5-7-19(25)21-15-4-6-17(20)18(12-15)29(26,27)24-8-10-28-11-9-24/h4,6,12H,5,7-11H2,1-3H3,(H,21,25). The van der Waals surface area contributed by atoms with Crippen LogP contribution in [-0.4, -0.2) is 54.7 Å². The number of ether oxygens (including phenoxy) is 1. The van der Waals surface area contributed by atoms with E-state index >= 15 is 0 Å². The normalized spacial score (nSPS) is 15.4. The van der Waals surface area contributed by atoms with Gasteiger partial charge in [0.1, 0.15) is 4.90 Å². The van der Waals surface area contributed by atoms with E-state index in [1.807, 2.05) is 20.9 Å². The minimum atomic E-state index is -3.76. The highest BCUT2D eigenvalue weighted by atomic mass is 35.5. The van der Waals surface area contributed by atoms with E-state index in [0.717, 1.165) is 17.0 Å². The maximum Gasteiger partial charge on any atom is 0.244 e. The third-order valence-electron chi connectivity index (χ3n) is 5.06.